The number of thioether (sulfide) groups is 1. The highest BCUT2D eigenvalue weighted by Crippen LogP contribution is 2.21. The lowest BCUT2D eigenvalue weighted by atomic mass is 10.2. The minimum absolute atomic E-state index is 0.0176. The zero-order chi connectivity index (χ0) is 18.8. The number of aromatic nitrogens is 4. The third-order valence-electron chi connectivity index (χ3n) is 3.75. The Labute approximate surface area is 153 Å². The standard InChI is InChI=1S/C16H16N6O3S/c1-10-8-11(2)21-15(17-10)18-16(19-21)26-9-14(23)20(3)12-4-6-13(7-5-12)22(24)25/h4-8H,9H2,1-3H3. The highest BCUT2D eigenvalue weighted by Gasteiger charge is 2.15. The molecule has 26 heavy (non-hydrogen) atoms. The maximum Gasteiger partial charge on any atom is 0.269 e. The Balaban J connectivity index is 1.68. The molecule has 134 valence electrons. The molecule has 2 heterocycles. The van der Waals surface area contributed by atoms with Crippen molar-refractivity contribution >= 4 is 34.8 Å². The molecule has 3 aromatic rings. The van der Waals surface area contributed by atoms with Gasteiger partial charge in [-0.3, -0.25) is 14.9 Å². The first-order valence-corrected chi connectivity index (χ1v) is 8.68. The van der Waals surface area contributed by atoms with Crippen LogP contribution in [0.2, 0.25) is 0 Å². The lowest BCUT2D eigenvalue weighted by molar-refractivity contribution is -0.384. The van der Waals surface area contributed by atoms with Crippen LogP contribution in [-0.2, 0) is 4.79 Å². The van der Waals surface area contributed by atoms with Crippen molar-refractivity contribution in [2.45, 2.75) is 19.0 Å². The van der Waals surface area contributed by atoms with Gasteiger partial charge in [-0.05, 0) is 32.0 Å². The molecule has 0 fully saturated rings. The highest BCUT2D eigenvalue weighted by atomic mass is 32.2. The van der Waals surface area contributed by atoms with Crippen molar-refractivity contribution in [3.8, 4) is 0 Å². The van der Waals surface area contributed by atoms with E-state index >= 15 is 0 Å². The van der Waals surface area contributed by atoms with Gasteiger partial charge in [0.25, 0.3) is 11.5 Å². The fraction of sp³-hybridized carbons (Fsp3) is 0.250. The first-order valence-electron chi connectivity index (χ1n) is 7.70. The number of non-ortho nitro benzene ring substituents is 1. The number of anilines is 1. The second-order valence-electron chi connectivity index (χ2n) is 5.66. The Morgan fingerprint density at radius 2 is 1.96 bits per heavy atom. The van der Waals surface area contributed by atoms with E-state index in [4.69, 9.17) is 0 Å². The van der Waals surface area contributed by atoms with Gasteiger partial charge in [0.1, 0.15) is 0 Å². The molecule has 0 bridgehead atoms. The van der Waals surface area contributed by atoms with E-state index < -0.39 is 4.92 Å². The van der Waals surface area contributed by atoms with E-state index in [1.54, 1.807) is 23.7 Å². The zero-order valence-corrected chi connectivity index (χ0v) is 15.2. The molecule has 0 atom stereocenters. The van der Waals surface area contributed by atoms with E-state index in [1.807, 2.05) is 19.9 Å². The molecule has 0 aliphatic carbocycles. The third-order valence-corrected chi connectivity index (χ3v) is 4.57. The number of rotatable bonds is 5. The van der Waals surface area contributed by atoms with Crippen molar-refractivity contribution in [1.29, 1.82) is 0 Å². The normalized spacial score (nSPS) is 10.9. The molecule has 0 radical (unpaired) electrons. The van der Waals surface area contributed by atoms with Gasteiger partial charge in [0.15, 0.2) is 0 Å². The summed E-state index contributed by atoms with van der Waals surface area (Å²) in [7, 11) is 1.62. The molecule has 0 saturated heterocycles. The molecule has 2 aromatic heterocycles. The summed E-state index contributed by atoms with van der Waals surface area (Å²) in [6.07, 6.45) is 0. The van der Waals surface area contributed by atoms with Crippen molar-refractivity contribution in [2.75, 3.05) is 17.7 Å². The average Bonchev–Trinajstić information content (AvgIpc) is 3.02. The number of benzene rings is 1. The van der Waals surface area contributed by atoms with Gasteiger partial charge in [0, 0.05) is 36.3 Å². The van der Waals surface area contributed by atoms with Crippen molar-refractivity contribution < 1.29 is 9.72 Å². The van der Waals surface area contributed by atoms with Gasteiger partial charge in [-0.1, -0.05) is 11.8 Å². The monoisotopic (exact) mass is 372 g/mol. The fourth-order valence-electron chi connectivity index (χ4n) is 2.37. The van der Waals surface area contributed by atoms with Gasteiger partial charge >= 0.3 is 0 Å². The van der Waals surface area contributed by atoms with Crippen LogP contribution in [0.5, 0.6) is 0 Å². The van der Waals surface area contributed by atoms with Crippen molar-refractivity contribution in [3.63, 3.8) is 0 Å². The Hall–Kier alpha value is -3.01. The minimum atomic E-state index is -0.478. The van der Waals surface area contributed by atoms with Gasteiger partial charge in [0.05, 0.1) is 10.7 Å². The molecule has 10 heteroatoms. The molecular weight excluding hydrogens is 356 g/mol. The Morgan fingerprint density at radius 1 is 1.27 bits per heavy atom. The molecule has 9 nitrogen and oxygen atoms in total. The maximum absolute atomic E-state index is 12.4. The van der Waals surface area contributed by atoms with Crippen LogP contribution in [0.15, 0.2) is 35.5 Å². The summed E-state index contributed by atoms with van der Waals surface area (Å²) in [5.74, 6) is 0.479. The van der Waals surface area contributed by atoms with Crippen LogP contribution < -0.4 is 4.90 Å². The van der Waals surface area contributed by atoms with Crippen LogP contribution in [0, 0.1) is 24.0 Å². The van der Waals surface area contributed by atoms with Crippen LogP contribution in [0.1, 0.15) is 11.4 Å². The summed E-state index contributed by atoms with van der Waals surface area (Å²) < 4.78 is 1.64. The Kier molecular flexibility index (Phi) is 4.85. The van der Waals surface area contributed by atoms with Crippen molar-refractivity contribution in [1.82, 2.24) is 19.6 Å². The lowest BCUT2D eigenvalue weighted by Gasteiger charge is -2.16. The lowest BCUT2D eigenvalue weighted by Crippen LogP contribution is -2.27. The number of aryl methyl sites for hydroxylation is 2. The van der Waals surface area contributed by atoms with Crippen molar-refractivity contribution in [3.05, 3.63) is 51.8 Å². The third kappa shape index (κ3) is 3.64. The van der Waals surface area contributed by atoms with E-state index in [2.05, 4.69) is 15.1 Å². The first-order chi connectivity index (χ1) is 12.3. The van der Waals surface area contributed by atoms with Crippen LogP contribution in [0.25, 0.3) is 5.78 Å². The summed E-state index contributed by atoms with van der Waals surface area (Å²) in [5.41, 5.74) is 2.34. The van der Waals surface area contributed by atoms with Gasteiger partial charge in [-0.15, -0.1) is 5.10 Å². The quantitative estimate of drug-likeness (QED) is 0.384. The van der Waals surface area contributed by atoms with Gasteiger partial charge in [0.2, 0.25) is 11.1 Å². The summed E-state index contributed by atoms with van der Waals surface area (Å²) in [6.45, 7) is 3.80. The van der Waals surface area contributed by atoms with Gasteiger partial charge in [-0.25, -0.2) is 9.50 Å². The SMILES string of the molecule is Cc1cc(C)n2nc(SCC(=O)N(C)c3ccc([N+](=O)[O-])cc3)nc2n1. The number of fused-ring (bicyclic) bond motifs is 1. The number of carbonyl (C=O) groups excluding carboxylic acids is 1. The van der Waals surface area contributed by atoms with Crippen molar-refractivity contribution in [2.24, 2.45) is 0 Å². The number of carbonyl (C=O) groups is 1. The molecule has 0 N–H and O–H groups in total. The second-order valence-corrected chi connectivity index (χ2v) is 6.60. The Bertz CT molecular complexity index is 986. The summed E-state index contributed by atoms with van der Waals surface area (Å²) in [5, 5.41) is 15.5. The largest absolute Gasteiger partial charge is 0.315 e. The smallest absolute Gasteiger partial charge is 0.269 e. The van der Waals surface area contributed by atoms with E-state index in [1.165, 1.54) is 28.8 Å². The predicted octanol–water partition coefficient (Wildman–Crippen LogP) is 2.40. The van der Waals surface area contributed by atoms with Gasteiger partial charge in [-0.2, -0.15) is 4.98 Å². The summed E-state index contributed by atoms with van der Waals surface area (Å²) in [6, 6.07) is 7.73. The van der Waals surface area contributed by atoms with Gasteiger partial charge < -0.3 is 4.90 Å². The molecule has 0 spiro atoms. The Morgan fingerprint density at radius 3 is 2.62 bits per heavy atom. The molecule has 0 unspecified atom stereocenters. The van der Waals surface area contributed by atoms with E-state index in [-0.39, 0.29) is 17.3 Å². The molecule has 1 amide bonds. The number of nitrogens with zero attached hydrogens (tertiary/aromatic N) is 6. The first kappa shape index (κ1) is 17.8. The van der Waals surface area contributed by atoms with Crippen LogP contribution in [0.3, 0.4) is 0 Å². The number of amides is 1. The number of hydrogen-bond donors (Lipinski definition) is 0. The average molecular weight is 372 g/mol. The highest BCUT2D eigenvalue weighted by molar-refractivity contribution is 7.99. The summed E-state index contributed by atoms with van der Waals surface area (Å²) >= 11 is 1.22. The molecule has 3 rings (SSSR count). The molecular formula is C16H16N6O3S. The topological polar surface area (TPSA) is 107 Å². The van der Waals surface area contributed by atoms with E-state index in [0.717, 1.165) is 11.4 Å². The predicted molar refractivity (Wildman–Crippen MR) is 97.5 cm³/mol. The molecule has 0 aliphatic rings. The fourth-order valence-corrected chi connectivity index (χ4v) is 3.11. The summed E-state index contributed by atoms with van der Waals surface area (Å²) in [4.78, 5) is 32.7. The minimum Gasteiger partial charge on any atom is -0.315 e. The van der Waals surface area contributed by atoms with E-state index in [9.17, 15) is 14.9 Å². The molecule has 1 aromatic carbocycles. The molecule has 0 aliphatic heterocycles. The van der Waals surface area contributed by atoms with Crippen LogP contribution in [-0.4, -0.2) is 43.2 Å². The second kappa shape index (κ2) is 7.08. The molecule has 0 saturated carbocycles. The zero-order valence-electron chi connectivity index (χ0n) is 14.4. The maximum atomic E-state index is 12.4. The van der Waals surface area contributed by atoms with E-state index in [0.29, 0.717) is 16.6 Å². The number of hydrogen-bond acceptors (Lipinski definition) is 7. The number of nitro groups is 1. The number of nitro benzene ring substituents is 1. The van der Waals surface area contributed by atoms with Crippen LogP contribution >= 0.6 is 11.8 Å². The van der Waals surface area contributed by atoms with Crippen LogP contribution in [0.4, 0.5) is 11.4 Å².